The molecule has 0 heterocycles. The number of hydrogen-bond donors (Lipinski definition) is 0. The van der Waals surface area contributed by atoms with Gasteiger partial charge in [0.1, 0.15) is 5.82 Å². The maximum absolute atomic E-state index is 13.1. The molecule has 2 nitrogen and oxygen atoms in total. The molecule has 1 rings (SSSR count). The first-order valence-electron chi connectivity index (χ1n) is 5.52. The largest absolute Gasteiger partial charge is 0.301 e. The highest BCUT2D eigenvalue weighted by atomic mass is 35.5. The van der Waals surface area contributed by atoms with E-state index in [9.17, 15) is 4.39 Å². The lowest BCUT2D eigenvalue weighted by atomic mass is 9.91. The van der Waals surface area contributed by atoms with Gasteiger partial charge in [-0.1, -0.05) is 24.6 Å². The minimum atomic E-state index is -0.432. The summed E-state index contributed by atoms with van der Waals surface area (Å²) in [6, 6.07) is 6.85. The van der Waals surface area contributed by atoms with Crippen LogP contribution in [0.5, 0.6) is 0 Å². The summed E-state index contributed by atoms with van der Waals surface area (Å²) in [5, 5.41) is 9.25. The molecule has 4 heteroatoms. The summed E-state index contributed by atoms with van der Waals surface area (Å²) in [4.78, 5) is 1.96. The standard InChI is InChI=1S/C13H16ClFN2/c1-4-9(8-16)13(17(2)3)10-5-6-12(15)11(14)7-10/h5-7,9,13H,4H2,1-3H3. The van der Waals surface area contributed by atoms with Crippen LogP contribution in [0.2, 0.25) is 5.02 Å². The first-order valence-corrected chi connectivity index (χ1v) is 5.90. The van der Waals surface area contributed by atoms with Crippen LogP contribution in [0.1, 0.15) is 24.9 Å². The van der Waals surface area contributed by atoms with E-state index in [1.165, 1.54) is 6.07 Å². The van der Waals surface area contributed by atoms with E-state index in [1.54, 1.807) is 12.1 Å². The van der Waals surface area contributed by atoms with Crippen molar-refractivity contribution in [2.24, 2.45) is 5.92 Å². The van der Waals surface area contributed by atoms with Crippen LogP contribution in [0.25, 0.3) is 0 Å². The number of hydrogen-bond acceptors (Lipinski definition) is 2. The van der Waals surface area contributed by atoms with Gasteiger partial charge in [-0.15, -0.1) is 0 Å². The molecule has 0 saturated carbocycles. The molecule has 92 valence electrons. The quantitative estimate of drug-likeness (QED) is 0.820. The molecule has 2 atom stereocenters. The van der Waals surface area contributed by atoms with E-state index in [4.69, 9.17) is 16.9 Å². The maximum atomic E-state index is 13.1. The van der Waals surface area contributed by atoms with Crippen molar-refractivity contribution in [2.75, 3.05) is 14.1 Å². The predicted molar refractivity (Wildman–Crippen MR) is 67.2 cm³/mol. The van der Waals surface area contributed by atoms with Gasteiger partial charge in [-0.3, -0.25) is 0 Å². The van der Waals surface area contributed by atoms with Crippen LogP contribution in [0, 0.1) is 23.1 Å². The van der Waals surface area contributed by atoms with Crippen molar-refractivity contribution in [3.63, 3.8) is 0 Å². The van der Waals surface area contributed by atoms with E-state index in [1.807, 2.05) is 25.9 Å². The van der Waals surface area contributed by atoms with Gasteiger partial charge in [0.05, 0.1) is 23.1 Å². The molecule has 0 aromatic heterocycles. The van der Waals surface area contributed by atoms with Gasteiger partial charge < -0.3 is 4.90 Å². The summed E-state index contributed by atoms with van der Waals surface area (Å²) in [6.45, 7) is 1.97. The second kappa shape index (κ2) is 6.00. The number of nitriles is 1. The van der Waals surface area contributed by atoms with Crippen molar-refractivity contribution in [1.82, 2.24) is 4.90 Å². The molecule has 0 amide bonds. The summed E-state index contributed by atoms with van der Waals surface area (Å²) in [5.74, 6) is -0.565. The zero-order valence-electron chi connectivity index (χ0n) is 10.2. The van der Waals surface area contributed by atoms with E-state index in [-0.39, 0.29) is 17.0 Å². The van der Waals surface area contributed by atoms with E-state index in [0.29, 0.717) is 0 Å². The average Bonchev–Trinajstić information content (AvgIpc) is 2.29. The van der Waals surface area contributed by atoms with Crippen molar-refractivity contribution in [2.45, 2.75) is 19.4 Å². The van der Waals surface area contributed by atoms with Crippen LogP contribution in [0.3, 0.4) is 0 Å². The Morgan fingerprint density at radius 3 is 2.53 bits per heavy atom. The second-order valence-electron chi connectivity index (χ2n) is 4.23. The van der Waals surface area contributed by atoms with Gasteiger partial charge in [0, 0.05) is 0 Å². The van der Waals surface area contributed by atoms with Crippen LogP contribution >= 0.6 is 11.6 Å². The topological polar surface area (TPSA) is 27.0 Å². The van der Waals surface area contributed by atoms with Gasteiger partial charge in [0.2, 0.25) is 0 Å². The molecular weight excluding hydrogens is 239 g/mol. The van der Waals surface area contributed by atoms with E-state index < -0.39 is 5.82 Å². The fourth-order valence-corrected chi connectivity index (χ4v) is 2.16. The highest BCUT2D eigenvalue weighted by Crippen LogP contribution is 2.31. The first kappa shape index (κ1) is 14.0. The van der Waals surface area contributed by atoms with E-state index in [0.717, 1.165) is 12.0 Å². The molecular formula is C13H16ClFN2. The van der Waals surface area contributed by atoms with Gasteiger partial charge >= 0.3 is 0 Å². The molecule has 0 aliphatic heterocycles. The van der Waals surface area contributed by atoms with Gasteiger partial charge in [-0.2, -0.15) is 5.26 Å². The van der Waals surface area contributed by atoms with Crippen LogP contribution in [0.4, 0.5) is 4.39 Å². The Morgan fingerprint density at radius 2 is 2.12 bits per heavy atom. The SMILES string of the molecule is CCC(C#N)C(c1ccc(F)c(Cl)c1)N(C)C. The van der Waals surface area contributed by atoms with Crippen LogP contribution in [-0.4, -0.2) is 19.0 Å². The Kier molecular flexibility index (Phi) is 4.92. The third-order valence-corrected chi connectivity index (χ3v) is 3.12. The third kappa shape index (κ3) is 3.18. The van der Waals surface area contributed by atoms with Crippen LogP contribution in [-0.2, 0) is 0 Å². The van der Waals surface area contributed by atoms with Gasteiger partial charge in [0.25, 0.3) is 0 Å². The fraction of sp³-hybridized carbons (Fsp3) is 0.462. The molecule has 0 aliphatic rings. The van der Waals surface area contributed by atoms with Crippen molar-refractivity contribution in [3.8, 4) is 6.07 Å². The summed E-state index contributed by atoms with van der Waals surface area (Å²) in [5.41, 5.74) is 0.870. The minimum absolute atomic E-state index is 0.0666. The smallest absolute Gasteiger partial charge is 0.141 e. The Balaban J connectivity index is 3.14. The lowest BCUT2D eigenvalue weighted by Crippen LogP contribution is -2.26. The molecule has 17 heavy (non-hydrogen) atoms. The zero-order valence-corrected chi connectivity index (χ0v) is 11.0. The number of benzene rings is 1. The number of rotatable bonds is 4. The van der Waals surface area contributed by atoms with Crippen LogP contribution < -0.4 is 0 Å². The molecule has 0 aliphatic carbocycles. The Hall–Kier alpha value is -1.11. The molecule has 0 fully saturated rings. The predicted octanol–water partition coefficient (Wildman–Crippen LogP) is 3.63. The Bertz CT molecular complexity index is 426. The lowest BCUT2D eigenvalue weighted by Gasteiger charge is -2.28. The number of nitrogens with zero attached hydrogens (tertiary/aromatic N) is 2. The van der Waals surface area contributed by atoms with E-state index in [2.05, 4.69) is 6.07 Å². The number of halogens is 2. The summed E-state index contributed by atoms with van der Waals surface area (Å²) < 4.78 is 13.1. The molecule has 0 saturated heterocycles. The molecule has 0 bridgehead atoms. The third-order valence-electron chi connectivity index (χ3n) is 2.83. The Morgan fingerprint density at radius 1 is 1.47 bits per heavy atom. The zero-order chi connectivity index (χ0) is 13.0. The van der Waals surface area contributed by atoms with Crippen molar-refractivity contribution < 1.29 is 4.39 Å². The Labute approximate surface area is 107 Å². The van der Waals surface area contributed by atoms with E-state index >= 15 is 0 Å². The highest BCUT2D eigenvalue weighted by Gasteiger charge is 2.24. The van der Waals surface area contributed by atoms with Gasteiger partial charge in [0.15, 0.2) is 0 Å². The summed E-state index contributed by atoms with van der Waals surface area (Å²) in [6.07, 6.45) is 0.744. The van der Waals surface area contributed by atoms with Gasteiger partial charge in [-0.25, -0.2) is 4.39 Å². The molecule has 2 unspecified atom stereocenters. The molecule has 0 radical (unpaired) electrons. The van der Waals surface area contributed by atoms with Crippen LogP contribution in [0.15, 0.2) is 18.2 Å². The summed E-state index contributed by atoms with van der Waals surface area (Å²) in [7, 11) is 3.81. The lowest BCUT2D eigenvalue weighted by molar-refractivity contribution is 0.241. The maximum Gasteiger partial charge on any atom is 0.141 e. The normalized spacial score (nSPS) is 14.4. The average molecular weight is 255 g/mol. The molecule has 0 N–H and O–H groups in total. The summed E-state index contributed by atoms with van der Waals surface area (Å²) >= 11 is 5.78. The van der Waals surface area contributed by atoms with Crippen molar-refractivity contribution >= 4 is 11.6 Å². The molecule has 1 aromatic carbocycles. The monoisotopic (exact) mass is 254 g/mol. The minimum Gasteiger partial charge on any atom is -0.301 e. The molecule has 0 spiro atoms. The fourth-order valence-electron chi connectivity index (χ4n) is 1.97. The highest BCUT2D eigenvalue weighted by molar-refractivity contribution is 6.30. The molecule has 1 aromatic rings. The van der Waals surface area contributed by atoms with Gasteiger partial charge in [-0.05, 0) is 38.2 Å². The van der Waals surface area contributed by atoms with Crippen molar-refractivity contribution in [1.29, 1.82) is 5.26 Å². The second-order valence-corrected chi connectivity index (χ2v) is 4.63. The van der Waals surface area contributed by atoms with Crippen molar-refractivity contribution in [3.05, 3.63) is 34.6 Å². The first-order chi connectivity index (χ1) is 8.01.